The predicted molar refractivity (Wildman–Crippen MR) is 237 cm³/mol. The Kier molecular flexibility index (Phi) is 12.5. The van der Waals surface area contributed by atoms with E-state index in [4.69, 9.17) is 21.1 Å². The zero-order valence-corrected chi connectivity index (χ0v) is 36.1. The van der Waals surface area contributed by atoms with E-state index in [1.165, 1.54) is 28.8 Å². The molecule has 0 atom stereocenters. The number of hydrogen-bond acceptors (Lipinski definition) is 10. The number of amides is 1. The van der Waals surface area contributed by atoms with Gasteiger partial charge in [0.15, 0.2) is 0 Å². The molecule has 2 fully saturated rings. The number of H-pyrrole nitrogens is 1. The lowest BCUT2D eigenvalue weighted by atomic mass is 9.72. The van der Waals surface area contributed by atoms with Gasteiger partial charge in [-0.15, -0.1) is 0 Å². The van der Waals surface area contributed by atoms with Gasteiger partial charge < -0.3 is 19.4 Å². The second-order valence-corrected chi connectivity index (χ2v) is 19.3. The number of anilines is 1. The standard InChI is InChI=1S/C46H51ClN6O7S/c1-46(2)17-13-35(40(28-46)32-5-8-36(47)9-6-32)30-51-19-21-52(22-20-51)37-10-12-39(43(26-37)60-44-25-34-14-18-48-41(34)29-49-44)45(54)50-61(57,58)38-11-7-33(42(27-38)53(55)56)4-3-31-15-23-59-24-16-31/h5-12,14,18,25-27,29,31,48H,3-4,13,15-17,19-24,28,30H2,1-2H3,(H,50,54). The molecule has 2 aromatic heterocycles. The number of aromatic amines is 1. The minimum absolute atomic E-state index is 0.0357. The summed E-state index contributed by atoms with van der Waals surface area (Å²) in [5, 5.41) is 13.7. The molecule has 1 aliphatic carbocycles. The van der Waals surface area contributed by atoms with Crippen molar-refractivity contribution in [1.29, 1.82) is 0 Å². The summed E-state index contributed by atoms with van der Waals surface area (Å²) in [4.78, 5) is 37.3. The van der Waals surface area contributed by atoms with E-state index in [-0.39, 0.29) is 33.2 Å². The molecule has 3 aromatic carbocycles. The van der Waals surface area contributed by atoms with Crippen molar-refractivity contribution in [2.24, 2.45) is 11.3 Å². The zero-order valence-electron chi connectivity index (χ0n) is 34.5. The lowest BCUT2D eigenvalue weighted by Crippen LogP contribution is -2.47. The fourth-order valence-corrected chi connectivity index (χ4v) is 9.81. The predicted octanol–water partition coefficient (Wildman–Crippen LogP) is 9.18. The molecule has 0 saturated carbocycles. The highest BCUT2D eigenvalue weighted by Gasteiger charge is 2.31. The molecule has 8 rings (SSSR count). The quantitative estimate of drug-likeness (QED) is 0.0863. The van der Waals surface area contributed by atoms with Crippen LogP contribution in [0.1, 0.15) is 73.9 Å². The molecule has 0 spiro atoms. The molecule has 1 amide bonds. The summed E-state index contributed by atoms with van der Waals surface area (Å²) in [6.07, 6.45) is 9.55. The summed E-state index contributed by atoms with van der Waals surface area (Å²) >= 11 is 6.24. The van der Waals surface area contributed by atoms with Crippen LogP contribution in [0.4, 0.5) is 11.4 Å². The number of piperazine rings is 1. The number of aromatic nitrogens is 2. The van der Waals surface area contributed by atoms with Crippen molar-refractivity contribution < 1.29 is 27.6 Å². The van der Waals surface area contributed by atoms with E-state index in [0.717, 1.165) is 98.9 Å². The van der Waals surface area contributed by atoms with Gasteiger partial charge in [0, 0.05) is 92.0 Å². The van der Waals surface area contributed by atoms with Gasteiger partial charge in [-0.2, -0.15) is 0 Å². The molecule has 2 saturated heterocycles. The third-order valence-electron chi connectivity index (χ3n) is 12.3. The second kappa shape index (κ2) is 18.0. The van der Waals surface area contributed by atoms with Crippen LogP contribution in [0.3, 0.4) is 0 Å². The van der Waals surface area contributed by atoms with Crippen molar-refractivity contribution in [3.8, 4) is 11.6 Å². The molecule has 3 aliphatic rings. The van der Waals surface area contributed by atoms with Gasteiger partial charge in [-0.3, -0.25) is 19.8 Å². The number of ether oxygens (including phenoxy) is 2. The molecule has 4 heterocycles. The summed E-state index contributed by atoms with van der Waals surface area (Å²) in [7, 11) is -4.53. The Hall–Kier alpha value is -5.28. The Labute approximate surface area is 361 Å². The smallest absolute Gasteiger partial charge is 0.273 e. The lowest BCUT2D eigenvalue weighted by Gasteiger charge is -2.39. The van der Waals surface area contributed by atoms with Crippen LogP contribution >= 0.6 is 11.6 Å². The Bertz CT molecular complexity index is 2560. The molecule has 15 heteroatoms. The normalized spacial score (nSPS) is 17.7. The van der Waals surface area contributed by atoms with Crippen molar-refractivity contribution in [2.75, 3.05) is 50.8 Å². The maximum atomic E-state index is 13.9. The van der Waals surface area contributed by atoms with Crippen LogP contribution in [0.15, 0.2) is 95.7 Å². The van der Waals surface area contributed by atoms with Crippen LogP contribution < -0.4 is 14.4 Å². The first-order valence-electron chi connectivity index (χ1n) is 20.9. The Morgan fingerprint density at radius 2 is 1.80 bits per heavy atom. The molecule has 5 aromatic rings. The number of nitro benzene ring substituents is 1. The van der Waals surface area contributed by atoms with Crippen LogP contribution in [0.2, 0.25) is 5.02 Å². The largest absolute Gasteiger partial charge is 0.438 e. The molecule has 0 radical (unpaired) electrons. The molecule has 320 valence electrons. The number of benzene rings is 3. The van der Waals surface area contributed by atoms with E-state index in [2.05, 4.69) is 50.5 Å². The van der Waals surface area contributed by atoms with E-state index in [9.17, 15) is 23.3 Å². The van der Waals surface area contributed by atoms with E-state index < -0.39 is 20.9 Å². The van der Waals surface area contributed by atoms with Crippen molar-refractivity contribution in [3.63, 3.8) is 0 Å². The zero-order chi connectivity index (χ0) is 42.7. The third kappa shape index (κ3) is 10.1. The molecule has 13 nitrogen and oxygen atoms in total. The fourth-order valence-electron chi connectivity index (χ4n) is 8.70. The summed E-state index contributed by atoms with van der Waals surface area (Å²) in [5.74, 6) is -0.221. The van der Waals surface area contributed by atoms with Crippen LogP contribution in [0.25, 0.3) is 16.5 Å². The van der Waals surface area contributed by atoms with Crippen LogP contribution in [-0.4, -0.2) is 80.1 Å². The SMILES string of the molecule is CC1(C)CCC(CN2CCN(c3ccc(C(=O)NS(=O)(=O)c4ccc(CCC5CCOCC5)c([N+](=O)[O-])c4)c(Oc4cc5cc[nH]c5cn4)c3)CC2)=C(c2ccc(Cl)cc2)C1. The fraction of sp³-hybridized carbons (Fsp3) is 0.391. The van der Waals surface area contributed by atoms with Crippen molar-refractivity contribution >= 4 is 55.4 Å². The van der Waals surface area contributed by atoms with Gasteiger partial charge in [0.2, 0.25) is 5.88 Å². The number of aryl methyl sites for hydroxylation is 1. The lowest BCUT2D eigenvalue weighted by molar-refractivity contribution is -0.385. The molecular formula is C46H51ClN6O7S. The van der Waals surface area contributed by atoms with Gasteiger partial charge in [0.05, 0.1) is 27.1 Å². The summed E-state index contributed by atoms with van der Waals surface area (Å²) < 4.78 is 41.2. The number of hydrogen-bond donors (Lipinski definition) is 2. The van der Waals surface area contributed by atoms with Crippen LogP contribution in [0, 0.1) is 21.4 Å². The van der Waals surface area contributed by atoms with E-state index in [1.807, 2.05) is 18.2 Å². The third-order valence-corrected chi connectivity index (χ3v) is 13.9. The average Bonchev–Trinajstić information content (AvgIpc) is 3.72. The second-order valence-electron chi connectivity index (χ2n) is 17.1. The van der Waals surface area contributed by atoms with Crippen LogP contribution in [-0.2, 0) is 21.2 Å². The summed E-state index contributed by atoms with van der Waals surface area (Å²) in [6.45, 7) is 9.99. The van der Waals surface area contributed by atoms with Gasteiger partial charge in [-0.1, -0.05) is 49.2 Å². The average molecular weight is 867 g/mol. The van der Waals surface area contributed by atoms with Crippen molar-refractivity contribution in [1.82, 2.24) is 19.6 Å². The number of nitrogens with zero attached hydrogens (tertiary/aromatic N) is 4. The maximum Gasteiger partial charge on any atom is 0.273 e. The topological polar surface area (TPSA) is 160 Å². The molecule has 2 aliphatic heterocycles. The Morgan fingerprint density at radius 1 is 1.03 bits per heavy atom. The number of rotatable bonds is 13. The summed E-state index contributed by atoms with van der Waals surface area (Å²) in [5.41, 5.74) is 6.06. The minimum Gasteiger partial charge on any atom is -0.438 e. The number of pyridine rings is 1. The molecule has 61 heavy (non-hydrogen) atoms. The molecule has 0 unspecified atom stereocenters. The first-order chi connectivity index (χ1) is 29.3. The number of carbonyl (C=O) groups excluding carboxylic acids is 1. The van der Waals surface area contributed by atoms with Crippen molar-refractivity contribution in [3.05, 3.63) is 123 Å². The Balaban J connectivity index is 1.00. The van der Waals surface area contributed by atoms with Gasteiger partial charge in [0.1, 0.15) is 5.75 Å². The first-order valence-corrected chi connectivity index (χ1v) is 22.8. The van der Waals surface area contributed by atoms with Gasteiger partial charge in [0.25, 0.3) is 21.6 Å². The van der Waals surface area contributed by atoms with Gasteiger partial charge in [-0.25, -0.2) is 18.1 Å². The number of fused-ring (bicyclic) bond motifs is 1. The Morgan fingerprint density at radius 3 is 2.56 bits per heavy atom. The highest BCUT2D eigenvalue weighted by Crippen LogP contribution is 2.43. The molecule has 2 N–H and O–H groups in total. The van der Waals surface area contributed by atoms with Gasteiger partial charge >= 0.3 is 0 Å². The summed E-state index contributed by atoms with van der Waals surface area (Å²) in [6, 6.07) is 20.7. The van der Waals surface area contributed by atoms with Crippen LogP contribution in [0.5, 0.6) is 11.6 Å². The highest BCUT2D eigenvalue weighted by atomic mass is 35.5. The molecule has 0 bridgehead atoms. The van der Waals surface area contributed by atoms with E-state index in [0.29, 0.717) is 31.1 Å². The number of nitro groups is 1. The van der Waals surface area contributed by atoms with Gasteiger partial charge in [-0.05, 0) is 104 Å². The molecular weight excluding hydrogens is 816 g/mol. The number of halogens is 1. The minimum atomic E-state index is -4.53. The monoisotopic (exact) mass is 866 g/mol. The number of sulfonamides is 1. The number of nitrogens with one attached hydrogen (secondary N) is 2. The van der Waals surface area contributed by atoms with E-state index >= 15 is 0 Å². The first kappa shape index (κ1) is 42.4. The maximum absolute atomic E-state index is 13.9. The number of carbonyl (C=O) groups is 1. The highest BCUT2D eigenvalue weighted by molar-refractivity contribution is 7.90. The van der Waals surface area contributed by atoms with E-state index in [1.54, 1.807) is 36.7 Å². The number of allylic oxidation sites excluding steroid dienone is 1. The van der Waals surface area contributed by atoms with Crippen molar-refractivity contribution in [2.45, 2.75) is 63.7 Å².